The summed E-state index contributed by atoms with van der Waals surface area (Å²) in [4.78, 5) is 11.5. The monoisotopic (exact) mass is 288 g/mol. The summed E-state index contributed by atoms with van der Waals surface area (Å²) in [6.45, 7) is 3.13. The average Bonchev–Trinajstić information content (AvgIpc) is 2.73. The molecule has 110 valence electrons. The van der Waals surface area contributed by atoms with Crippen LogP contribution in [0, 0.1) is 11.3 Å². The zero-order valence-corrected chi connectivity index (χ0v) is 11.7. The van der Waals surface area contributed by atoms with Gasteiger partial charge in [0.15, 0.2) is 17.1 Å². The zero-order valence-electron chi connectivity index (χ0n) is 11.7. The number of fused-ring (bicyclic) bond motifs is 1. The highest BCUT2D eigenvalue weighted by Gasteiger charge is 2.12. The molecule has 0 amide bonds. The fourth-order valence-electron chi connectivity index (χ4n) is 1.75. The van der Waals surface area contributed by atoms with Crippen molar-refractivity contribution in [2.24, 2.45) is 0 Å². The van der Waals surface area contributed by atoms with Gasteiger partial charge in [0.25, 0.3) is 0 Å². The first-order valence-corrected chi connectivity index (χ1v) is 6.68. The Morgan fingerprint density at radius 2 is 2.19 bits per heavy atom. The van der Waals surface area contributed by atoms with Gasteiger partial charge in [0, 0.05) is 24.4 Å². The van der Waals surface area contributed by atoms with Crippen molar-refractivity contribution in [1.29, 1.82) is 5.26 Å². The number of hydrogen-bond donors (Lipinski definition) is 1. The fourth-order valence-corrected chi connectivity index (χ4v) is 1.75. The molecule has 0 spiro atoms. The molecule has 0 fully saturated rings. The fraction of sp³-hybridized carbons (Fsp3) is 0.333. The number of carbonyl (C=O) groups excluding carboxylic acids is 1. The van der Waals surface area contributed by atoms with Crippen molar-refractivity contribution in [3.63, 3.8) is 0 Å². The lowest BCUT2D eigenvalue weighted by molar-refractivity contribution is -0.138. The van der Waals surface area contributed by atoms with Crippen molar-refractivity contribution >= 4 is 11.7 Å². The van der Waals surface area contributed by atoms with Crippen LogP contribution in [0.5, 0.6) is 11.5 Å². The highest BCUT2D eigenvalue weighted by molar-refractivity contribution is 5.93. The van der Waals surface area contributed by atoms with Crippen molar-refractivity contribution in [2.75, 3.05) is 25.1 Å². The van der Waals surface area contributed by atoms with E-state index in [1.165, 1.54) is 6.20 Å². The minimum atomic E-state index is -0.651. The number of nitriles is 1. The zero-order chi connectivity index (χ0) is 15.1. The topological polar surface area (TPSA) is 80.6 Å². The van der Waals surface area contributed by atoms with Crippen LogP contribution in [-0.2, 0) is 9.53 Å². The van der Waals surface area contributed by atoms with E-state index >= 15 is 0 Å². The van der Waals surface area contributed by atoms with Crippen LogP contribution >= 0.6 is 0 Å². The Morgan fingerprint density at radius 3 is 2.90 bits per heavy atom. The SMILES string of the molecule is CCOC(=O)C(C#N)=CNc1ccc2c(c1)OCCCO2. The van der Waals surface area contributed by atoms with Gasteiger partial charge in [-0.1, -0.05) is 0 Å². The number of nitrogens with one attached hydrogen (secondary N) is 1. The van der Waals surface area contributed by atoms with E-state index in [1.807, 2.05) is 0 Å². The second-order valence-electron chi connectivity index (χ2n) is 4.25. The molecule has 0 radical (unpaired) electrons. The van der Waals surface area contributed by atoms with Gasteiger partial charge in [0.2, 0.25) is 0 Å². The Labute approximate surface area is 122 Å². The predicted octanol–water partition coefficient (Wildman–Crippen LogP) is 2.23. The van der Waals surface area contributed by atoms with Crippen LogP contribution in [0.3, 0.4) is 0 Å². The lowest BCUT2D eigenvalue weighted by Gasteiger charge is -2.09. The van der Waals surface area contributed by atoms with Gasteiger partial charge in [-0.05, 0) is 19.1 Å². The molecule has 0 aliphatic carbocycles. The molecule has 21 heavy (non-hydrogen) atoms. The molecule has 0 saturated carbocycles. The van der Waals surface area contributed by atoms with Gasteiger partial charge in [0.1, 0.15) is 6.07 Å². The number of esters is 1. The summed E-state index contributed by atoms with van der Waals surface area (Å²) in [5.41, 5.74) is 0.597. The first-order chi connectivity index (χ1) is 10.2. The maximum Gasteiger partial charge on any atom is 0.350 e. The van der Waals surface area contributed by atoms with Crippen LogP contribution in [-0.4, -0.2) is 25.8 Å². The molecule has 6 heteroatoms. The van der Waals surface area contributed by atoms with Crippen molar-refractivity contribution in [3.05, 3.63) is 30.0 Å². The molecule has 0 saturated heterocycles. The molecule has 0 aromatic heterocycles. The van der Waals surface area contributed by atoms with Gasteiger partial charge >= 0.3 is 5.97 Å². The van der Waals surface area contributed by atoms with E-state index < -0.39 is 5.97 Å². The highest BCUT2D eigenvalue weighted by Crippen LogP contribution is 2.32. The van der Waals surface area contributed by atoms with E-state index in [4.69, 9.17) is 19.5 Å². The molecular weight excluding hydrogens is 272 g/mol. The van der Waals surface area contributed by atoms with Crippen LogP contribution in [0.1, 0.15) is 13.3 Å². The second-order valence-corrected chi connectivity index (χ2v) is 4.25. The number of carbonyl (C=O) groups is 1. The van der Waals surface area contributed by atoms with Crippen LogP contribution < -0.4 is 14.8 Å². The van der Waals surface area contributed by atoms with E-state index in [-0.39, 0.29) is 12.2 Å². The Balaban J connectivity index is 2.11. The number of benzene rings is 1. The van der Waals surface area contributed by atoms with E-state index in [0.29, 0.717) is 30.4 Å². The predicted molar refractivity (Wildman–Crippen MR) is 76.0 cm³/mol. The molecule has 0 unspecified atom stereocenters. The molecular formula is C15H16N2O4. The minimum absolute atomic E-state index is 0.0936. The van der Waals surface area contributed by atoms with Gasteiger partial charge in [-0.25, -0.2) is 4.79 Å². The number of ether oxygens (including phenoxy) is 3. The molecule has 1 aromatic rings. The first kappa shape index (κ1) is 14.7. The van der Waals surface area contributed by atoms with Gasteiger partial charge in [-0.3, -0.25) is 0 Å². The van der Waals surface area contributed by atoms with Crippen molar-refractivity contribution in [1.82, 2.24) is 0 Å². The third kappa shape index (κ3) is 3.89. The van der Waals surface area contributed by atoms with Gasteiger partial charge in [-0.15, -0.1) is 0 Å². The van der Waals surface area contributed by atoms with Crippen LogP contribution in [0.4, 0.5) is 5.69 Å². The summed E-state index contributed by atoms with van der Waals surface area (Å²) in [6, 6.07) is 7.13. The summed E-state index contributed by atoms with van der Waals surface area (Å²) in [6.07, 6.45) is 2.15. The first-order valence-electron chi connectivity index (χ1n) is 6.68. The van der Waals surface area contributed by atoms with Gasteiger partial charge < -0.3 is 19.5 Å². The molecule has 6 nitrogen and oxygen atoms in total. The second kappa shape index (κ2) is 7.20. The summed E-state index contributed by atoms with van der Waals surface area (Å²) >= 11 is 0. The molecule has 2 rings (SSSR count). The Hall–Kier alpha value is -2.68. The highest BCUT2D eigenvalue weighted by atomic mass is 16.5. The smallest absolute Gasteiger partial charge is 0.350 e. The number of anilines is 1. The third-order valence-electron chi connectivity index (χ3n) is 2.75. The third-order valence-corrected chi connectivity index (χ3v) is 2.75. The maximum absolute atomic E-state index is 11.5. The average molecular weight is 288 g/mol. The largest absolute Gasteiger partial charge is 0.490 e. The number of rotatable bonds is 4. The van der Waals surface area contributed by atoms with Crippen molar-refractivity contribution in [2.45, 2.75) is 13.3 Å². The Kier molecular flexibility index (Phi) is 5.04. The molecule has 0 atom stereocenters. The van der Waals surface area contributed by atoms with E-state index in [2.05, 4.69) is 5.32 Å². The summed E-state index contributed by atoms with van der Waals surface area (Å²) in [7, 11) is 0. The molecule has 1 N–H and O–H groups in total. The van der Waals surface area contributed by atoms with Crippen LogP contribution in [0.2, 0.25) is 0 Å². The summed E-state index contributed by atoms with van der Waals surface area (Å²) in [5, 5.41) is 11.8. The minimum Gasteiger partial charge on any atom is -0.490 e. The lowest BCUT2D eigenvalue weighted by Crippen LogP contribution is -2.07. The molecule has 1 aliphatic heterocycles. The van der Waals surface area contributed by atoms with E-state index in [9.17, 15) is 4.79 Å². The number of nitrogens with zero attached hydrogens (tertiary/aromatic N) is 1. The van der Waals surface area contributed by atoms with Crippen molar-refractivity contribution in [3.8, 4) is 17.6 Å². The van der Waals surface area contributed by atoms with Crippen molar-refractivity contribution < 1.29 is 19.0 Å². The summed E-state index contributed by atoms with van der Waals surface area (Å²) < 4.78 is 15.9. The quantitative estimate of drug-likeness (QED) is 0.520. The lowest BCUT2D eigenvalue weighted by atomic mass is 10.2. The molecule has 1 aromatic carbocycles. The molecule has 1 heterocycles. The number of hydrogen-bond acceptors (Lipinski definition) is 6. The maximum atomic E-state index is 11.5. The molecule has 1 aliphatic rings. The van der Waals surface area contributed by atoms with Crippen LogP contribution in [0.15, 0.2) is 30.0 Å². The van der Waals surface area contributed by atoms with E-state index in [0.717, 1.165) is 6.42 Å². The standard InChI is InChI=1S/C15H16N2O4/c1-2-19-15(18)11(9-16)10-17-12-4-5-13-14(8-12)21-7-3-6-20-13/h4-5,8,10,17H,2-3,6-7H2,1H3. The van der Waals surface area contributed by atoms with Gasteiger partial charge in [-0.2, -0.15) is 5.26 Å². The van der Waals surface area contributed by atoms with Crippen LogP contribution in [0.25, 0.3) is 0 Å². The molecule has 0 bridgehead atoms. The normalized spacial score (nSPS) is 13.8. The van der Waals surface area contributed by atoms with Gasteiger partial charge in [0.05, 0.1) is 19.8 Å². The Bertz CT molecular complexity index is 590. The van der Waals surface area contributed by atoms with E-state index in [1.54, 1.807) is 31.2 Å². The Morgan fingerprint density at radius 1 is 1.43 bits per heavy atom. The summed E-state index contributed by atoms with van der Waals surface area (Å²) in [5.74, 6) is 0.676.